The molecule has 0 amide bonds. The first-order chi connectivity index (χ1) is 27.8. The van der Waals surface area contributed by atoms with Crippen LogP contribution in [-0.2, 0) is 0 Å². The predicted molar refractivity (Wildman–Crippen MR) is 232 cm³/mol. The molecule has 5 heteroatoms. The van der Waals surface area contributed by atoms with Gasteiger partial charge in [-0.25, -0.2) is 9.98 Å². The largest absolute Gasteiger partial charge is 0.344 e. The Morgan fingerprint density at radius 2 is 0.893 bits per heavy atom. The van der Waals surface area contributed by atoms with Crippen LogP contribution in [0.15, 0.2) is 210 Å². The first-order valence-corrected chi connectivity index (χ1v) is 19.0. The number of hydrogen-bond donors (Lipinski definition) is 1. The number of fused-ring (bicyclic) bond motifs is 6. The molecule has 5 nitrogen and oxygen atoms in total. The monoisotopic (exact) mass is 717 g/mol. The minimum absolute atomic E-state index is 0.256. The van der Waals surface area contributed by atoms with Gasteiger partial charge in [0.05, 0.1) is 22.1 Å². The van der Waals surface area contributed by atoms with Crippen LogP contribution >= 0.6 is 0 Å². The van der Waals surface area contributed by atoms with Crippen LogP contribution in [0.3, 0.4) is 0 Å². The fourth-order valence-electron chi connectivity index (χ4n) is 8.35. The number of benzene rings is 8. The molecule has 0 fully saturated rings. The van der Waals surface area contributed by atoms with E-state index in [1.165, 1.54) is 43.6 Å². The Balaban J connectivity index is 1.06. The second kappa shape index (κ2) is 13.1. The first-order valence-electron chi connectivity index (χ1n) is 19.0. The smallest absolute Gasteiger partial charge is 0.159 e. The molecule has 264 valence electrons. The molecular formula is C51H35N5. The molecule has 1 aliphatic rings. The molecule has 10 aromatic rings. The highest BCUT2D eigenvalue weighted by molar-refractivity contribution is 6.19. The van der Waals surface area contributed by atoms with Gasteiger partial charge in [-0.1, -0.05) is 146 Å². The number of aromatic nitrogens is 2. The Morgan fingerprint density at radius 1 is 0.375 bits per heavy atom. The van der Waals surface area contributed by atoms with Gasteiger partial charge in [-0.2, -0.15) is 0 Å². The molecule has 0 radical (unpaired) electrons. The summed E-state index contributed by atoms with van der Waals surface area (Å²) >= 11 is 0. The van der Waals surface area contributed by atoms with Crippen molar-refractivity contribution in [1.82, 2.24) is 14.5 Å². The number of aliphatic imine (C=N–C) groups is 2. The Kier molecular flexibility index (Phi) is 7.49. The molecule has 8 aromatic carbocycles. The highest BCUT2D eigenvalue weighted by atomic mass is 15.2. The van der Waals surface area contributed by atoms with Gasteiger partial charge in [-0.3, -0.25) is 0 Å². The molecule has 1 aliphatic heterocycles. The van der Waals surface area contributed by atoms with Gasteiger partial charge in [0, 0.05) is 44.0 Å². The van der Waals surface area contributed by atoms with Gasteiger partial charge in [0.1, 0.15) is 12.0 Å². The lowest BCUT2D eigenvalue weighted by molar-refractivity contribution is 0.674. The standard InChI is InChI=1S/C51H35N5/c1-4-16-34(17-5-1)49-52-50(35-18-6-2-7-19-35)54-51(53-49)38-22-14-20-36(30-38)37-21-15-25-40(31-37)56-46-29-13-11-27-42(46)44-32-43-41-26-10-12-28-45(41)55(47(43)33-48(44)56)39-23-8-3-9-24-39/h1-33,49H,(H,52,53,54). The average molecular weight is 718 g/mol. The molecule has 0 spiro atoms. The van der Waals surface area contributed by atoms with Crippen molar-refractivity contribution in [3.63, 3.8) is 0 Å². The summed E-state index contributed by atoms with van der Waals surface area (Å²) in [7, 11) is 0. The maximum atomic E-state index is 5.14. The number of para-hydroxylation sites is 3. The summed E-state index contributed by atoms with van der Waals surface area (Å²) < 4.78 is 4.81. The van der Waals surface area contributed by atoms with Crippen LogP contribution in [-0.4, -0.2) is 20.8 Å². The molecule has 11 rings (SSSR count). The second-order valence-electron chi connectivity index (χ2n) is 14.3. The van der Waals surface area contributed by atoms with E-state index in [4.69, 9.17) is 9.98 Å². The van der Waals surface area contributed by atoms with E-state index in [1.54, 1.807) is 0 Å². The number of nitrogens with zero attached hydrogens (tertiary/aromatic N) is 4. The number of nitrogens with one attached hydrogen (secondary N) is 1. The Morgan fingerprint density at radius 3 is 1.59 bits per heavy atom. The zero-order valence-corrected chi connectivity index (χ0v) is 30.4. The van der Waals surface area contributed by atoms with Crippen molar-refractivity contribution in [2.75, 3.05) is 0 Å². The second-order valence-corrected chi connectivity index (χ2v) is 14.3. The molecule has 0 aliphatic carbocycles. The van der Waals surface area contributed by atoms with Gasteiger partial charge < -0.3 is 14.5 Å². The maximum Gasteiger partial charge on any atom is 0.159 e. The summed E-state index contributed by atoms with van der Waals surface area (Å²) in [5.41, 5.74) is 12.3. The van der Waals surface area contributed by atoms with Crippen molar-refractivity contribution in [3.05, 3.63) is 217 Å². The van der Waals surface area contributed by atoms with Crippen LogP contribution < -0.4 is 5.32 Å². The number of rotatable bonds is 6. The molecule has 1 N–H and O–H groups in total. The maximum absolute atomic E-state index is 5.14. The van der Waals surface area contributed by atoms with E-state index < -0.39 is 0 Å². The molecule has 1 atom stereocenters. The van der Waals surface area contributed by atoms with Crippen LogP contribution in [0.5, 0.6) is 0 Å². The van der Waals surface area contributed by atoms with Gasteiger partial charge in [-0.15, -0.1) is 0 Å². The van der Waals surface area contributed by atoms with Crippen molar-refractivity contribution in [2.24, 2.45) is 9.98 Å². The van der Waals surface area contributed by atoms with Gasteiger partial charge in [0.25, 0.3) is 0 Å². The number of amidine groups is 2. The van der Waals surface area contributed by atoms with Crippen molar-refractivity contribution in [3.8, 4) is 22.5 Å². The van der Waals surface area contributed by atoms with Crippen LogP contribution in [0.25, 0.3) is 66.1 Å². The summed E-state index contributed by atoms with van der Waals surface area (Å²) in [5, 5.41) is 8.54. The summed E-state index contributed by atoms with van der Waals surface area (Å²) in [6.45, 7) is 0. The third-order valence-corrected chi connectivity index (χ3v) is 10.9. The zero-order chi connectivity index (χ0) is 37.0. The molecule has 0 bridgehead atoms. The Bertz CT molecular complexity index is 3150. The van der Waals surface area contributed by atoms with Crippen molar-refractivity contribution < 1.29 is 0 Å². The van der Waals surface area contributed by atoms with Crippen molar-refractivity contribution in [1.29, 1.82) is 0 Å². The summed E-state index contributed by atoms with van der Waals surface area (Å²) in [6.07, 6.45) is -0.256. The molecule has 56 heavy (non-hydrogen) atoms. The van der Waals surface area contributed by atoms with Gasteiger partial charge in [-0.05, 0) is 71.3 Å². The van der Waals surface area contributed by atoms with Crippen LogP contribution in [0.4, 0.5) is 0 Å². The molecule has 1 unspecified atom stereocenters. The quantitative estimate of drug-likeness (QED) is 0.183. The normalized spacial score (nSPS) is 14.2. The third kappa shape index (κ3) is 5.32. The average Bonchev–Trinajstić information content (AvgIpc) is 3.78. The van der Waals surface area contributed by atoms with Gasteiger partial charge in [0.2, 0.25) is 0 Å². The van der Waals surface area contributed by atoms with E-state index in [0.29, 0.717) is 5.84 Å². The SMILES string of the molecule is c1ccc(C2=NC(c3cccc(-c4cccc(-n5c6ccccc6c6cc7c8ccccc8n(-c8ccccc8)c7cc65)c4)c3)=NC(c3ccccc3)N2)cc1. The molecule has 2 aromatic heterocycles. The van der Waals surface area contributed by atoms with Crippen LogP contribution in [0, 0.1) is 0 Å². The van der Waals surface area contributed by atoms with Gasteiger partial charge >= 0.3 is 0 Å². The topological polar surface area (TPSA) is 46.6 Å². The zero-order valence-electron chi connectivity index (χ0n) is 30.4. The Labute approximate surface area is 324 Å². The first kappa shape index (κ1) is 32.0. The van der Waals surface area contributed by atoms with E-state index >= 15 is 0 Å². The summed E-state index contributed by atoms with van der Waals surface area (Å²) in [4.78, 5) is 10.2. The minimum Gasteiger partial charge on any atom is -0.344 e. The fourth-order valence-corrected chi connectivity index (χ4v) is 8.35. The van der Waals surface area contributed by atoms with E-state index in [-0.39, 0.29) is 6.17 Å². The molecular weight excluding hydrogens is 683 g/mol. The van der Waals surface area contributed by atoms with Crippen molar-refractivity contribution >= 4 is 55.3 Å². The van der Waals surface area contributed by atoms with Crippen molar-refractivity contribution in [2.45, 2.75) is 6.17 Å². The summed E-state index contributed by atoms with van der Waals surface area (Å²) in [5.74, 6) is 1.51. The fraction of sp³-hybridized carbons (Fsp3) is 0.0196. The third-order valence-electron chi connectivity index (χ3n) is 10.9. The lowest BCUT2D eigenvalue weighted by atomic mass is 10.0. The molecule has 0 saturated carbocycles. The molecule has 0 saturated heterocycles. The van der Waals surface area contributed by atoms with E-state index in [1.807, 2.05) is 24.3 Å². The number of hydrogen-bond acceptors (Lipinski definition) is 3. The van der Waals surface area contributed by atoms with Gasteiger partial charge in [0.15, 0.2) is 5.84 Å². The van der Waals surface area contributed by atoms with Crippen LogP contribution in [0.1, 0.15) is 22.9 Å². The highest BCUT2D eigenvalue weighted by Gasteiger charge is 2.22. The van der Waals surface area contributed by atoms with Crippen LogP contribution in [0.2, 0.25) is 0 Å². The van der Waals surface area contributed by atoms with E-state index in [9.17, 15) is 0 Å². The molecule has 3 heterocycles. The Hall–Kier alpha value is -7.50. The van der Waals surface area contributed by atoms with E-state index in [2.05, 4.69) is 190 Å². The highest BCUT2D eigenvalue weighted by Crippen LogP contribution is 2.40. The minimum atomic E-state index is -0.256. The summed E-state index contributed by atoms with van der Waals surface area (Å²) in [6, 6.07) is 71.0. The predicted octanol–water partition coefficient (Wildman–Crippen LogP) is 12.0. The lowest BCUT2D eigenvalue weighted by Crippen LogP contribution is -2.33. The van der Waals surface area contributed by atoms with E-state index in [0.717, 1.165) is 45.0 Å². The lowest BCUT2D eigenvalue weighted by Gasteiger charge is -2.23.